The lowest BCUT2D eigenvalue weighted by Gasteiger charge is -2.18. The van der Waals surface area contributed by atoms with Crippen LogP contribution in [0.25, 0.3) is 11.1 Å². The van der Waals surface area contributed by atoms with E-state index in [0.717, 1.165) is 6.34 Å². The lowest BCUT2D eigenvalue weighted by atomic mass is 10.1. The van der Waals surface area contributed by atoms with Gasteiger partial charge in [-0.05, 0) is 37.4 Å². The van der Waals surface area contributed by atoms with Crippen molar-refractivity contribution in [2.75, 3.05) is 43.0 Å². The monoisotopic (exact) mass is 460 g/mol. The molecule has 7 N–H and O–H groups in total. The van der Waals surface area contributed by atoms with Crippen LogP contribution in [0.5, 0.6) is 0 Å². The lowest BCUT2D eigenvalue weighted by Crippen LogP contribution is -2.35. The normalized spacial score (nSPS) is 14.4. The van der Waals surface area contributed by atoms with Crippen molar-refractivity contribution in [3.63, 3.8) is 0 Å². The number of nitrogens with two attached hydrogens (primary N) is 3. The molecule has 1 aliphatic rings. The predicted octanol–water partition coefficient (Wildman–Crippen LogP) is 2.12. The molecule has 33 heavy (non-hydrogen) atoms. The second kappa shape index (κ2) is 13.1. The Hall–Kier alpha value is -3.54. The highest BCUT2D eigenvalue weighted by atomic mass is 19.1. The molecule has 180 valence electrons. The van der Waals surface area contributed by atoms with Gasteiger partial charge in [0.25, 0.3) is 0 Å². The number of amides is 1. The quantitative estimate of drug-likeness (QED) is 0.192. The predicted molar refractivity (Wildman–Crippen MR) is 130 cm³/mol. The van der Waals surface area contributed by atoms with Crippen molar-refractivity contribution >= 4 is 23.9 Å². The summed E-state index contributed by atoms with van der Waals surface area (Å²) in [6.07, 6.45) is 3.12. The molecule has 1 aromatic carbocycles. The van der Waals surface area contributed by atoms with E-state index in [-0.39, 0.29) is 14.0 Å². The molecule has 1 aliphatic heterocycles. The van der Waals surface area contributed by atoms with Crippen LogP contribution in [0.4, 0.5) is 20.7 Å². The fourth-order valence-electron chi connectivity index (χ4n) is 3.14. The topological polar surface area (TPSA) is 151 Å². The summed E-state index contributed by atoms with van der Waals surface area (Å²) in [7, 11) is 1.50. The molecule has 0 bridgehead atoms. The Balaban J connectivity index is 0.00000177. The molecule has 0 radical (unpaired) electrons. The number of nitrogens with zero attached hydrogens (tertiary/aromatic N) is 4. The molecule has 1 saturated heterocycles. The first-order valence-electron chi connectivity index (χ1n) is 9.90. The van der Waals surface area contributed by atoms with E-state index in [0.29, 0.717) is 42.3 Å². The third-order valence-corrected chi connectivity index (χ3v) is 4.67. The van der Waals surface area contributed by atoms with Gasteiger partial charge < -0.3 is 26.1 Å². The maximum atomic E-state index is 14.8. The van der Waals surface area contributed by atoms with Crippen molar-refractivity contribution in [3.8, 4) is 11.1 Å². The second-order valence-corrected chi connectivity index (χ2v) is 6.68. The summed E-state index contributed by atoms with van der Waals surface area (Å²) in [6, 6.07) is 7.96. The van der Waals surface area contributed by atoms with Gasteiger partial charge in [0.2, 0.25) is 0 Å². The molecule has 1 aromatic heterocycles. The summed E-state index contributed by atoms with van der Waals surface area (Å²) in [5.41, 5.74) is 11.3. The van der Waals surface area contributed by atoms with Gasteiger partial charge in [-0.1, -0.05) is 14.0 Å². The zero-order valence-electron chi connectivity index (χ0n) is 17.9. The zero-order chi connectivity index (χ0) is 23.7. The number of hydrogen-bond donors (Lipinski definition) is 4. The highest BCUT2D eigenvalue weighted by Crippen LogP contribution is 2.29. The number of hydrogen-bond acceptors (Lipinski definition) is 8. The van der Waals surface area contributed by atoms with Gasteiger partial charge in [0.15, 0.2) is 0 Å². The molecule has 1 fully saturated rings. The number of benzene rings is 1. The molecular formula is C22H33FN8O2. The first kappa shape index (κ1) is 27.5. The highest BCUT2D eigenvalue weighted by Gasteiger charge is 2.33. The van der Waals surface area contributed by atoms with E-state index in [2.05, 4.69) is 17.3 Å². The molecule has 1 atom stereocenters. The van der Waals surface area contributed by atoms with Gasteiger partial charge >= 0.3 is 6.09 Å². The van der Waals surface area contributed by atoms with E-state index in [1.807, 2.05) is 0 Å². The Kier molecular flexibility index (Phi) is 10.9. The summed E-state index contributed by atoms with van der Waals surface area (Å²) in [6.45, 7) is 4.94. The average molecular weight is 461 g/mol. The first-order chi connectivity index (χ1) is 15.5. The average Bonchev–Trinajstić information content (AvgIpc) is 3.18. The number of rotatable bonds is 9. The number of cyclic esters (lactones) is 1. The van der Waals surface area contributed by atoms with E-state index in [1.165, 1.54) is 35.4 Å². The smallest absolute Gasteiger partial charge is 0.414 e. The van der Waals surface area contributed by atoms with Crippen molar-refractivity contribution in [2.45, 2.75) is 13.5 Å². The molecule has 10 nitrogen and oxygen atoms in total. The summed E-state index contributed by atoms with van der Waals surface area (Å²) >= 11 is 0. The van der Waals surface area contributed by atoms with Gasteiger partial charge in [-0.15, -0.1) is 0 Å². The number of aromatic nitrogens is 1. The molecule has 0 aliphatic carbocycles. The van der Waals surface area contributed by atoms with Crippen LogP contribution in [0.1, 0.15) is 7.43 Å². The van der Waals surface area contributed by atoms with Crippen LogP contribution in [0, 0.1) is 11.2 Å². The lowest BCUT2D eigenvalue weighted by molar-refractivity contribution is 0.122. The SMILES string of the molecule is C.C=CN(N)CC1CN(c2ccc(-c3ccc(N(C=N)CCN)nc3)c(F)c2)C(=O)O1.CN. The van der Waals surface area contributed by atoms with Crippen molar-refractivity contribution in [1.29, 1.82) is 5.41 Å². The molecule has 2 heterocycles. The minimum absolute atomic E-state index is 0. The second-order valence-electron chi connectivity index (χ2n) is 6.68. The molecule has 0 spiro atoms. The van der Waals surface area contributed by atoms with E-state index < -0.39 is 18.0 Å². The van der Waals surface area contributed by atoms with E-state index in [4.69, 9.17) is 21.7 Å². The maximum Gasteiger partial charge on any atom is 0.414 e. The van der Waals surface area contributed by atoms with Crippen molar-refractivity contribution in [2.24, 2.45) is 17.3 Å². The third kappa shape index (κ3) is 6.72. The van der Waals surface area contributed by atoms with Crippen LogP contribution in [0.2, 0.25) is 0 Å². The van der Waals surface area contributed by atoms with Crippen LogP contribution >= 0.6 is 0 Å². The third-order valence-electron chi connectivity index (χ3n) is 4.67. The van der Waals surface area contributed by atoms with Crippen LogP contribution in [0.15, 0.2) is 49.3 Å². The zero-order valence-corrected chi connectivity index (χ0v) is 17.9. The van der Waals surface area contributed by atoms with Crippen molar-refractivity contribution in [3.05, 3.63) is 55.1 Å². The van der Waals surface area contributed by atoms with Crippen molar-refractivity contribution in [1.82, 2.24) is 9.99 Å². The number of ether oxygens (including phenoxy) is 1. The molecular weight excluding hydrogens is 427 g/mol. The summed E-state index contributed by atoms with van der Waals surface area (Å²) < 4.78 is 20.1. The van der Waals surface area contributed by atoms with Gasteiger partial charge in [0.05, 0.1) is 25.1 Å². The molecule has 2 aromatic rings. The number of hydrazine groups is 1. The van der Waals surface area contributed by atoms with Gasteiger partial charge in [0.1, 0.15) is 17.7 Å². The molecule has 0 saturated carbocycles. The Bertz CT molecular complexity index is 925. The van der Waals surface area contributed by atoms with E-state index in [1.54, 1.807) is 29.2 Å². The molecule has 1 unspecified atom stereocenters. The summed E-state index contributed by atoms with van der Waals surface area (Å²) in [5, 5.41) is 8.75. The summed E-state index contributed by atoms with van der Waals surface area (Å²) in [5.74, 6) is 5.72. The summed E-state index contributed by atoms with van der Waals surface area (Å²) in [4.78, 5) is 19.4. The Labute approximate surface area is 193 Å². The molecule has 1 amide bonds. The van der Waals surface area contributed by atoms with Crippen LogP contribution in [-0.4, -0.2) is 61.8 Å². The first-order valence-corrected chi connectivity index (χ1v) is 9.90. The minimum Gasteiger partial charge on any atom is -0.442 e. The number of pyridine rings is 1. The fraction of sp³-hybridized carbons (Fsp3) is 0.318. The van der Waals surface area contributed by atoms with Gasteiger partial charge in [-0.25, -0.2) is 20.0 Å². The molecule has 3 rings (SSSR count). The Morgan fingerprint density at radius 1 is 1.36 bits per heavy atom. The molecule has 11 heteroatoms. The number of halogens is 1. The number of carbonyl (C=O) groups excluding carboxylic acids is 1. The van der Waals surface area contributed by atoms with E-state index in [9.17, 15) is 9.18 Å². The van der Waals surface area contributed by atoms with Crippen molar-refractivity contribution < 1.29 is 13.9 Å². The van der Waals surface area contributed by atoms with Crippen LogP contribution in [-0.2, 0) is 4.74 Å². The highest BCUT2D eigenvalue weighted by molar-refractivity contribution is 5.90. The largest absolute Gasteiger partial charge is 0.442 e. The van der Waals surface area contributed by atoms with Gasteiger partial charge in [0, 0.05) is 36.6 Å². The Morgan fingerprint density at radius 3 is 2.64 bits per heavy atom. The number of nitrogens with one attached hydrogen (secondary N) is 1. The standard InChI is InChI=1S/C20H24FN7O2.CH5N.CH4/c1-2-27(24)11-16-12-28(20(29)30-16)15-4-5-17(18(21)9-15)14-3-6-19(25-10-14)26(13-23)8-7-22;1-2;/h2-6,9-10,13,16,23H,1,7-8,11-12,22,24H2;2H2,1H3;1H4. The minimum atomic E-state index is -0.553. The Morgan fingerprint density at radius 2 is 2.09 bits per heavy atom. The number of anilines is 2. The van der Waals surface area contributed by atoms with Gasteiger partial charge in [-0.3, -0.25) is 10.3 Å². The maximum absolute atomic E-state index is 14.8. The van der Waals surface area contributed by atoms with Crippen LogP contribution < -0.4 is 27.1 Å². The van der Waals surface area contributed by atoms with Crippen LogP contribution in [0.3, 0.4) is 0 Å². The fourth-order valence-corrected chi connectivity index (χ4v) is 3.14. The van der Waals surface area contributed by atoms with E-state index >= 15 is 0 Å². The number of carbonyl (C=O) groups is 1. The van der Waals surface area contributed by atoms with Gasteiger partial charge in [-0.2, -0.15) is 0 Å².